The van der Waals surface area contributed by atoms with Crippen LogP contribution in [0.4, 0.5) is 5.69 Å². The zero-order chi connectivity index (χ0) is 40.5. The Labute approximate surface area is 331 Å². The van der Waals surface area contributed by atoms with Gasteiger partial charge in [-0.1, -0.05) is 69.3 Å². The summed E-state index contributed by atoms with van der Waals surface area (Å²) in [5.41, 5.74) is 4.69. The third-order valence-corrected chi connectivity index (χ3v) is 13.1. The van der Waals surface area contributed by atoms with Gasteiger partial charge in [0.05, 0.1) is 26.4 Å². The minimum atomic E-state index is -0.921. The summed E-state index contributed by atoms with van der Waals surface area (Å²) in [5.74, 6) is 0.405. The van der Waals surface area contributed by atoms with Crippen molar-refractivity contribution in [1.82, 2.24) is 15.3 Å². The topological polar surface area (TPSA) is 132 Å². The molecule has 3 saturated carbocycles. The second-order valence-electron chi connectivity index (χ2n) is 17.0. The van der Waals surface area contributed by atoms with Crippen LogP contribution >= 0.6 is 0 Å². The summed E-state index contributed by atoms with van der Waals surface area (Å²) in [6.45, 7) is 8.29. The van der Waals surface area contributed by atoms with E-state index < -0.39 is 30.1 Å². The van der Waals surface area contributed by atoms with Gasteiger partial charge in [0.1, 0.15) is 17.9 Å². The Kier molecular flexibility index (Phi) is 12.6. The largest absolute Gasteiger partial charge is 0.496 e. The molecule has 3 aliphatic carbocycles. The van der Waals surface area contributed by atoms with Crippen molar-refractivity contribution in [1.29, 1.82) is 0 Å². The molecular formula is C45H60N4O7. The summed E-state index contributed by atoms with van der Waals surface area (Å²) in [7, 11) is 6.89. The van der Waals surface area contributed by atoms with Crippen LogP contribution in [-0.2, 0) is 27.4 Å². The number of ether oxygens (including phenoxy) is 1. The number of aliphatic hydroxyl groups excluding tert-OH is 2. The Morgan fingerprint density at radius 2 is 1.77 bits per heavy atom. The number of carbonyl (C=O) groups excluding carboxylic acids is 3. The molecule has 1 saturated heterocycles. The normalized spacial score (nSPS) is 25.9. The van der Waals surface area contributed by atoms with Crippen LogP contribution in [0.2, 0.25) is 0 Å². The number of hydrogen-bond donors (Lipinski definition) is 3. The Bertz CT molecular complexity index is 1880. The van der Waals surface area contributed by atoms with Gasteiger partial charge in [-0.25, -0.2) is 0 Å². The van der Waals surface area contributed by atoms with Crippen LogP contribution in [0.25, 0.3) is 11.1 Å². The molecule has 0 aromatic heterocycles. The molecule has 3 aromatic carbocycles. The third kappa shape index (κ3) is 8.23. The number of carbonyl (C=O) groups is 3. The van der Waals surface area contributed by atoms with Crippen LogP contribution in [-0.4, -0.2) is 97.0 Å². The van der Waals surface area contributed by atoms with Crippen molar-refractivity contribution in [2.45, 2.75) is 90.6 Å². The van der Waals surface area contributed by atoms with Crippen LogP contribution in [0, 0.1) is 29.1 Å². The first-order chi connectivity index (χ1) is 26.7. The molecule has 56 heavy (non-hydrogen) atoms. The van der Waals surface area contributed by atoms with Crippen molar-refractivity contribution in [3.05, 3.63) is 83.4 Å². The summed E-state index contributed by atoms with van der Waals surface area (Å²) >= 11 is 0. The third-order valence-electron chi connectivity index (χ3n) is 13.1. The summed E-state index contributed by atoms with van der Waals surface area (Å²) < 4.78 is 6.06. The Morgan fingerprint density at radius 3 is 2.39 bits per heavy atom. The van der Waals surface area contributed by atoms with Crippen molar-refractivity contribution >= 4 is 23.4 Å². The van der Waals surface area contributed by atoms with Gasteiger partial charge in [-0.3, -0.25) is 24.1 Å². The molecule has 2 bridgehead atoms. The second kappa shape index (κ2) is 17.1. The van der Waals surface area contributed by atoms with Gasteiger partial charge >= 0.3 is 0 Å². The number of hydroxylamine groups is 2. The molecule has 8 atom stereocenters. The lowest BCUT2D eigenvalue weighted by Gasteiger charge is -2.62. The fourth-order valence-corrected chi connectivity index (χ4v) is 9.54. The number of nitrogens with one attached hydrogen (secondary N) is 1. The highest BCUT2D eigenvalue weighted by Gasteiger charge is 2.57. The molecule has 0 radical (unpaired) electrons. The molecule has 4 aliphatic rings. The average Bonchev–Trinajstić information content (AvgIpc) is 3.56. The number of para-hydroxylation sites is 1. The number of hydrogen-bond acceptors (Lipinski definition) is 9. The number of benzene rings is 3. The number of fused-ring (bicyclic) bond motifs is 2. The van der Waals surface area contributed by atoms with Crippen molar-refractivity contribution in [3.8, 4) is 16.9 Å². The quantitative estimate of drug-likeness (QED) is 0.189. The van der Waals surface area contributed by atoms with Gasteiger partial charge in [0.25, 0.3) is 5.91 Å². The van der Waals surface area contributed by atoms with Crippen LogP contribution in [0.5, 0.6) is 5.75 Å². The fraction of sp³-hybridized carbons (Fsp3) is 0.533. The highest BCUT2D eigenvalue weighted by Crippen LogP contribution is 2.61. The number of amides is 3. The molecule has 0 spiro atoms. The SMILES string of the molecule is COc1c(CN2O[C@@H](CO)[C@H]([C@H](C)O)[C@H]2C(=O)N[C@H]2C[C@H]3C[C@@H]([C@@H]2C)C3(C)C)cccc1-c1cc(C(=O)N(C)C(=O)CCCc2ccccc2)cc(N(C)C)c1. The van der Waals surface area contributed by atoms with Gasteiger partial charge in [0.15, 0.2) is 0 Å². The van der Waals surface area contributed by atoms with Gasteiger partial charge in [-0.05, 0) is 85.1 Å². The Morgan fingerprint density at radius 1 is 1.04 bits per heavy atom. The van der Waals surface area contributed by atoms with Crippen molar-refractivity contribution in [2.24, 2.45) is 29.1 Å². The first-order valence-corrected chi connectivity index (χ1v) is 20.0. The van der Waals surface area contributed by atoms with Crippen molar-refractivity contribution in [2.75, 3.05) is 39.8 Å². The lowest BCUT2D eigenvalue weighted by Crippen LogP contribution is -2.62. The van der Waals surface area contributed by atoms with Crippen LogP contribution < -0.4 is 15.0 Å². The molecule has 3 amide bonds. The smallest absolute Gasteiger partial charge is 0.260 e. The molecule has 0 unspecified atom stereocenters. The van der Waals surface area contributed by atoms with E-state index in [1.54, 1.807) is 31.2 Å². The molecule has 11 heteroatoms. The predicted octanol–water partition coefficient (Wildman–Crippen LogP) is 5.71. The monoisotopic (exact) mass is 768 g/mol. The fourth-order valence-electron chi connectivity index (χ4n) is 9.54. The first-order valence-electron chi connectivity index (χ1n) is 20.0. The molecule has 7 rings (SSSR count). The van der Waals surface area contributed by atoms with Gasteiger partial charge in [0, 0.05) is 61.9 Å². The van der Waals surface area contributed by atoms with E-state index in [9.17, 15) is 24.6 Å². The van der Waals surface area contributed by atoms with Gasteiger partial charge in [0.2, 0.25) is 11.8 Å². The number of nitrogens with zero attached hydrogens (tertiary/aromatic N) is 3. The van der Waals surface area contributed by atoms with Gasteiger partial charge < -0.3 is 25.2 Å². The number of methoxy groups -OCH3 is 1. The summed E-state index contributed by atoms with van der Waals surface area (Å²) in [6, 6.07) is 20.3. The maximum Gasteiger partial charge on any atom is 0.260 e. The van der Waals surface area contributed by atoms with E-state index >= 15 is 0 Å². The maximum atomic E-state index is 14.3. The maximum absolute atomic E-state index is 14.3. The number of imide groups is 1. The van der Waals surface area contributed by atoms with Crippen molar-refractivity contribution in [3.63, 3.8) is 0 Å². The molecule has 3 N–H and O–H groups in total. The van der Waals surface area contributed by atoms with Crippen molar-refractivity contribution < 1.29 is 34.2 Å². The lowest BCUT2D eigenvalue weighted by molar-refractivity contribution is -0.183. The summed E-state index contributed by atoms with van der Waals surface area (Å²) in [4.78, 5) is 50.7. The summed E-state index contributed by atoms with van der Waals surface area (Å²) in [5, 5.41) is 26.2. The molecule has 302 valence electrons. The molecule has 11 nitrogen and oxygen atoms in total. The highest BCUT2D eigenvalue weighted by atomic mass is 16.7. The van der Waals surface area contributed by atoms with Crippen LogP contribution in [0.3, 0.4) is 0 Å². The van der Waals surface area contributed by atoms with Gasteiger partial charge in [-0.2, -0.15) is 5.06 Å². The first kappa shape index (κ1) is 41.3. The number of anilines is 1. The number of aliphatic hydroxyl groups is 2. The number of rotatable bonds is 14. The minimum absolute atomic E-state index is 0.0197. The highest BCUT2D eigenvalue weighted by molar-refractivity contribution is 6.05. The zero-order valence-corrected chi connectivity index (χ0v) is 34.2. The zero-order valence-electron chi connectivity index (χ0n) is 34.2. The van der Waals surface area contributed by atoms with E-state index in [4.69, 9.17) is 9.57 Å². The number of aryl methyl sites for hydroxylation is 1. The molecular weight excluding hydrogens is 709 g/mol. The molecule has 1 aliphatic heterocycles. The van der Waals surface area contributed by atoms with E-state index in [1.807, 2.05) is 73.6 Å². The average molecular weight is 769 g/mol. The molecule has 1 heterocycles. The van der Waals surface area contributed by atoms with E-state index in [1.165, 1.54) is 18.4 Å². The van der Waals surface area contributed by atoms with Crippen LogP contribution in [0.15, 0.2) is 66.7 Å². The molecule has 3 aromatic rings. The lowest BCUT2D eigenvalue weighted by atomic mass is 9.45. The second-order valence-corrected chi connectivity index (χ2v) is 17.0. The Balaban J connectivity index is 1.25. The molecule has 4 fully saturated rings. The summed E-state index contributed by atoms with van der Waals surface area (Å²) in [6.07, 6.45) is 2.03. The standard InChI is InChI=1S/C45H60N4O7/c1-27-36-23-33(45(36,3)4)24-37(27)46-43(53)41-40(28(2)51)38(26-50)56-49(41)25-30-17-13-18-35(42(30)55-8)31-20-32(22-34(21-31)47(5)6)44(54)48(7)39(52)19-12-16-29-14-10-9-11-15-29/h9-11,13-15,17-18,20-22,27-28,33,36-38,40-41,50-51H,12,16,19,23-26H2,1-8H3,(H,46,53)/t27-,28-,33+,36-,37-,38-,40-,41-/m0/s1. The van der Waals surface area contributed by atoms with Gasteiger partial charge in [-0.15, -0.1) is 0 Å². The van der Waals surface area contributed by atoms with E-state index in [0.717, 1.165) is 24.1 Å². The predicted molar refractivity (Wildman–Crippen MR) is 217 cm³/mol. The van der Waals surface area contributed by atoms with Crippen LogP contribution in [0.1, 0.15) is 74.9 Å². The Hall–Kier alpha value is -4.29. The minimum Gasteiger partial charge on any atom is -0.496 e. The van der Waals surface area contributed by atoms with E-state index in [2.05, 4.69) is 26.1 Å². The van der Waals surface area contributed by atoms with E-state index in [0.29, 0.717) is 52.2 Å². The van der Waals surface area contributed by atoms with E-state index in [-0.39, 0.29) is 42.8 Å².